The molecule has 7 nitrogen and oxygen atoms in total. The van der Waals surface area contributed by atoms with Gasteiger partial charge in [0.15, 0.2) is 0 Å². The van der Waals surface area contributed by atoms with Crippen LogP contribution in [-0.4, -0.2) is 68.7 Å². The number of likely N-dealkylation sites (N-methyl/N-ethyl adjacent to an activating group) is 1. The number of carbonyl (C=O) groups excluding carboxylic acids is 1. The van der Waals surface area contributed by atoms with Crippen molar-refractivity contribution in [2.24, 2.45) is 0 Å². The van der Waals surface area contributed by atoms with Gasteiger partial charge >= 0.3 is 0 Å². The van der Waals surface area contributed by atoms with Crippen molar-refractivity contribution in [1.29, 1.82) is 0 Å². The van der Waals surface area contributed by atoms with E-state index in [-0.39, 0.29) is 24.2 Å². The summed E-state index contributed by atoms with van der Waals surface area (Å²) in [5.41, 5.74) is 1.20. The van der Waals surface area contributed by atoms with Crippen LogP contribution in [0.2, 0.25) is 0 Å². The lowest BCUT2D eigenvalue weighted by Gasteiger charge is -2.40. The number of hydrogen-bond donors (Lipinski definition) is 0. The minimum atomic E-state index is -0.238. The van der Waals surface area contributed by atoms with Gasteiger partial charge in [0.05, 0.1) is 24.9 Å². The van der Waals surface area contributed by atoms with Crippen LogP contribution in [0.25, 0.3) is 0 Å². The zero-order valence-corrected chi connectivity index (χ0v) is 13.8. The molecule has 1 aromatic rings. The second-order valence-corrected chi connectivity index (χ2v) is 5.41. The van der Waals surface area contributed by atoms with Gasteiger partial charge in [-0.15, -0.1) is 0 Å². The maximum Gasteiger partial charge on any atom is 0.259 e. The number of methoxy groups -OCH3 is 2. The fourth-order valence-electron chi connectivity index (χ4n) is 2.85. The molecule has 0 unspecified atom stereocenters. The van der Waals surface area contributed by atoms with E-state index in [0.717, 1.165) is 0 Å². The number of rotatable bonds is 5. The van der Waals surface area contributed by atoms with E-state index in [0.29, 0.717) is 36.7 Å². The van der Waals surface area contributed by atoms with Crippen molar-refractivity contribution in [1.82, 2.24) is 10.1 Å². The Morgan fingerprint density at radius 2 is 2.09 bits per heavy atom. The quantitative estimate of drug-likeness (QED) is 0.809. The Kier molecular flexibility index (Phi) is 5.55. The average Bonchev–Trinajstić information content (AvgIpc) is 2.93. The molecule has 1 aromatic heterocycles. The number of amides is 1. The molecule has 0 radical (unpaired) electrons. The third kappa shape index (κ3) is 3.02. The highest BCUT2D eigenvalue weighted by Gasteiger charge is 2.39. The minimum Gasteiger partial charge on any atom is -0.376 e. The van der Waals surface area contributed by atoms with Crippen LogP contribution < -0.4 is 0 Å². The molecule has 1 fully saturated rings. The molecule has 0 aromatic carbocycles. The molecule has 1 amide bonds. The summed E-state index contributed by atoms with van der Waals surface area (Å²) in [6.45, 7) is 4.56. The number of aromatic nitrogens is 1. The SMILES string of the molecule is CCc1noc(C)c1C(=O)N(C)[C@@H]1COC[C@@H](OC)[C@H]1OC. The Hall–Kier alpha value is -1.44. The van der Waals surface area contributed by atoms with Gasteiger partial charge in [-0.1, -0.05) is 12.1 Å². The lowest BCUT2D eigenvalue weighted by Crippen LogP contribution is -2.57. The molecular weight excluding hydrogens is 288 g/mol. The van der Waals surface area contributed by atoms with Gasteiger partial charge in [0.2, 0.25) is 0 Å². The molecule has 0 aliphatic carbocycles. The maximum atomic E-state index is 12.8. The van der Waals surface area contributed by atoms with E-state index >= 15 is 0 Å². The molecule has 22 heavy (non-hydrogen) atoms. The van der Waals surface area contributed by atoms with Crippen LogP contribution in [-0.2, 0) is 20.6 Å². The molecule has 1 aliphatic heterocycles. The lowest BCUT2D eigenvalue weighted by molar-refractivity contribution is -0.147. The number of hydrogen-bond acceptors (Lipinski definition) is 6. The van der Waals surface area contributed by atoms with E-state index in [1.807, 2.05) is 6.92 Å². The van der Waals surface area contributed by atoms with Crippen LogP contribution >= 0.6 is 0 Å². The van der Waals surface area contributed by atoms with Crippen LogP contribution in [0.1, 0.15) is 28.7 Å². The molecule has 2 rings (SSSR count). The minimum absolute atomic E-state index is 0.136. The van der Waals surface area contributed by atoms with Crippen molar-refractivity contribution in [3.8, 4) is 0 Å². The van der Waals surface area contributed by atoms with Crippen molar-refractivity contribution >= 4 is 5.91 Å². The van der Waals surface area contributed by atoms with Gasteiger partial charge in [-0.05, 0) is 13.3 Å². The summed E-state index contributed by atoms with van der Waals surface area (Å²) in [5.74, 6) is 0.394. The van der Waals surface area contributed by atoms with E-state index in [2.05, 4.69) is 5.16 Å². The topological polar surface area (TPSA) is 74.0 Å². The third-order valence-electron chi connectivity index (χ3n) is 4.19. The predicted molar refractivity (Wildman–Crippen MR) is 78.9 cm³/mol. The normalized spacial score (nSPS) is 25.2. The fourth-order valence-corrected chi connectivity index (χ4v) is 2.85. The molecule has 124 valence electrons. The molecule has 0 bridgehead atoms. The summed E-state index contributed by atoms with van der Waals surface area (Å²) >= 11 is 0. The van der Waals surface area contributed by atoms with Crippen LogP contribution in [0.3, 0.4) is 0 Å². The Bertz CT molecular complexity index is 516. The lowest BCUT2D eigenvalue weighted by atomic mass is 10.0. The van der Waals surface area contributed by atoms with Gasteiger partial charge in [0.25, 0.3) is 5.91 Å². The van der Waals surface area contributed by atoms with Gasteiger partial charge in [-0.25, -0.2) is 0 Å². The Labute approximate surface area is 130 Å². The van der Waals surface area contributed by atoms with Crippen LogP contribution in [0, 0.1) is 6.92 Å². The molecular formula is C15H24N2O5. The van der Waals surface area contributed by atoms with Gasteiger partial charge in [-0.3, -0.25) is 4.79 Å². The van der Waals surface area contributed by atoms with Crippen molar-refractivity contribution in [2.75, 3.05) is 34.5 Å². The van der Waals surface area contributed by atoms with E-state index in [9.17, 15) is 4.79 Å². The van der Waals surface area contributed by atoms with Crippen molar-refractivity contribution in [3.05, 3.63) is 17.0 Å². The monoisotopic (exact) mass is 312 g/mol. The maximum absolute atomic E-state index is 12.8. The fraction of sp³-hybridized carbons (Fsp3) is 0.733. The van der Waals surface area contributed by atoms with Gasteiger partial charge in [0, 0.05) is 21.3 Å². The molecule has 2 heterocycles. The zero-order valence-electron chi connectivity index (χ0n) is 13.8. The first-order chi connectivity index (χ1) is 10.5. The highest BCUT2D eigenvalue weighted by molar-refractivity contribution is 5.96. The predicted octanol–water partition coefficient (Wildman–Crippen LogP) is 1.05. The highest BCUT2D eigenvalue weighted by Crippen LogP contribution is 2.23. The standard InChI is InChI=1S/C15H24N2O5/c1-6-10-13(9(2)22-16-10)15(18)17(3)11-7-21-8-12(19-4)14(11)20-5/h11-12,14H,6-8H2,1-5H3/t11-,12-,14+/m1/s1. The summed E-state index contributed by atoms with van der Waals surface area (Å²) in [6.07, 6.45) is 0.202. The number of nitrogens with zero attached hydrogens (tertiary/aromatic N) is 2. The summed E-state index contributed by atoms with van der Waals surface area (Å²) in [5, 5.41) is 3.94. The van der Waals surface area contributed by atoms with E-state index < -0.39 is 0 Å². The first kappa shape index (κ1) is 16.9. The Morgan fingerprint density at radius 1 is 1.36 bits per heavy atom. The second-order valence-electron chi connectivity index (χ2n) is 5.41. The average molecular weight is 312 g/mol. The molecule has 0 N–H and O–H groups in total. The zero-order chi connectivity index (χ0) is 16.3. The van der Waals surface area contributed by atoms with E-state index in [1.54, 1.807) is 33.1 Å². The molecule has 3 atom stereocenters. The van der Waals surface area contributed by atoms with E-state index in [4.69, 9.17) is 18.7 Å². The Morgan fingerprint density at radius 3 is 2.68 bits per heavy atom. The van der Waals surface area contributed by atoms with Crippen molar-refractivity contribution in [2.45, 2.75) is 38.5 Å². The summed E-state index contributed by atoms with van der Waals surface area (Å²) in [7, 11) is 4.98. The van der Waals surface area contributed by atoms with Crippen molar-refractivity contribution < 1.29 is 23.5 Å². The van der Waals surface area contributed by atoms with Gasteiger partial charge in [-0.2, -0.15) is 0 Å². The number of ether oxygens (including phenoxy) is 3. The molecule has 0 saturated carbocycles. The third-order valence-corrected chi connectivity index (χ3v) is 4.19. The van der Waals surface area contributed by atoms with Crippen LogP contribution in [0.15, 0.2) is 4.52 Å². The first-order valence-corrected chi connectivity index (χ1v) is 7.40. The molecule has 0 spiro atoms. The second kappa shape index (κ2) is 7.21. The number of carbonyl (C=O) groups is 1. The van der Waals surface area contributed by atoms with Crippen LogP contribution in [0.4, 0.5) is 0 Å². The van der Waals surface area contributed by atoms with Gasteiger partial charge < -0.3 is 23.6 Å². The smallest absolute Gasteiger partial charge is 0.259 e. The van der Waals surface area contributed by atoms with Gasteiger partial charge in [0.1, 0.15) is 23.5 Å². The highest BCUT2D eigenvalue weighted by atomic mass is 16.6. The summed E-state index contributed by atoms with van der Waals surface area (Å²) in [6, 6.07) is -0.227. The number of aryl methyl sites for hydroxylation is 2. The van der Waals surface area contributed by atoms with Crippen LogP contribution in [0.5, 0.6) is 0 Å². The van der Waals surface area contributed by atoms with Crippen molar-refractivity contribution in [3.63, 3.8) is 0 Å². The Balaban J connectivity index is 2.23. The molecule has 1 aliphatic rings. The molecule has 7 heteroatoms. The summed E-state index contributed by atoms with van der Waals surface area (Å²) < 4.78 is 21.7. The molecule has 1 saturated heterocycles. The summed E-state index contributed by atoms with van der Waals surface area (Å²) in [4.78, 5) is 14.5. The largest absolute Gasteiger partial charge is 0.376 e. The van der Waals surface area contributed by atoms with E-state index in [1.165, 1.54) is 0 Å². The first-order valence-electron chi connectivity index (χ1n) is 7.40.